The average Bonchev–Trinajstić information content (AvgIpc) is 3.07. The molecule has 0 spiro atoms. The molecule has 0 radical (unpaired) electrons. The molecule has 1 fully saturated rings. The molecule has 1 unspecified atom stereocenters. The summed E-state index contributed by atoms with van der Waals surface area (Å²) >= 11 is 0. The van der Waals surface area contributed by atoms with Crippen LogP contribution in [-0.2, 0) is 4.74 Å². The monoisotopic (exact) mass is 393 g/mol. The Morgan fingerprint density at radius 2 is 2.14 bits per heavy atom. The zero-order valence-electron chi connectivity index (χ0n) is 16.7. The number of rotatable bonds is 4. The Labute approximate surface area is 169 Å². The standard InChI is InChI=1S/C21H23N5O3/c1-14-20(15(2)26(24-14)16-5-4-6-17(11-16)28-3)19-13-29-10-9-25(19)21(27)18-12-22-7-8-23-18/h4-8,11-12,19H,9-10,13H2,1-3H3. The third kappa shape index (κ3) is 3.58. The molecule has 29 heavy (non-hydrogen) atoms. The molecule has 2 aromatic heterocycles. The van der Waals surface area contributed by atoms with Crippen molar-refractivity contribution < 1.29 is 14.3 Å². The molecular weight excluding hydrogens is 370 g/mol. The number of hydrogen-bond donors (Lipinski definition) is 0. The number of ether oxygens (including phenoxy) is 2. The van der Waals surface area contributed by atoms with Crippen molar-refractivity contribution in [3.8, 4) is 11.4 Å². The summed E-state index contributed by atoms with van der Waals surface area (Å²) in [6, 6.07) is 7.50. The summed E-state index contributed by atoms with van der Waals surface area (Å²) in [7, 11) is 1.64. The number of benzene rings is 1. The summed E-state index contributed by atoms with van der Waals surface area (Å²) in [5, 5.41) is 4.74. The fraction of sp³-hybridized carbons (Fsp3) is 0.333. The minimum Gasteiger partial charge on any atom is -0.497 e. The Morgan fingerprint density at radius 1 is 1.28 bits per heavy atom. The Bertz CT molecular complexity index is 1020. The Balaban J connectivity index is 1.72. The third-order valence-electron chi connectivity index (χ3n) is 5.15. The van der Waals surface area contributed by atoms with Crippen LogP contribution in [-0.4, -0.2) is 57.4 Å². The number of hydrogen-bond acceptors (Lipinski definition) is 6. The van der Waals surface area contributed by atoms with Gasteiger partial charge in [0, 0.05) is 36.3 Å². The molecule has 0 saturated carbocycles. The van der Waals surface area contributed by atoms with Crippen molar-refractivity contribution in [3.05, 3.63) is 65.5 Å². The summed E-state index contributed by atoms with van der Waals surface area (Å²) in [4.78, 5) is 23.1. The lowest BCUT2D eigenvalue weighted by atomic mass is 10.0. The lowest BCUT2D eigenvalue weighted by Crippen LogP contribution is -2.44. The second kappa shape index (κ2) is 8.00. The number of morpholine rings is 1. The van der Waals surface area contributed by atoms with Crippen LogP contribution in [0.2, 0.25) is 0 Å². The van der Waals surface area contributed by atoms with Crippen molar-refractivity contribution >= 4 is 5.91 Å². The van der Waals surface area contributed by atoms with E-state index >= 15 is 0 Å². The second-order valence-electron chi connectivity index (χ2n) is 6.88. The van der Waals surface area contributed by atoms with E-state index in [-0.39, 0.29) is 11.9 Å². The molecule has 1 aliphatic heterocycles. The molecule has 0 N–H and O–H groups in total. The van der Waals surface area contributed by atoms with Gasteiger partial charge in [0.15, 0.2) is 0 Å². The quantitative estimate of drug-likeness (QED) is 0.677. The zero-order chi connectivity index (χ0) is 20.4. The topological polar surface area (TPSA) is 82.4 Å². The first-order valence-electron chi connectivity index (χ1n) is 9.45. The maximum atomic E-state index is 13.1. The highest BCUT2D eigenvalue weighted by Gasteiger charge is 2.34. The predicted octanol–water partition coefficient (Wildman–Crippen LogP) is 2.50. The number of nitrogens with zero attached hydrogens (tertiary/aromatic N) is 5. The SMILES string of the molecule is COc1cccc(-n2nc(C)c(C3COCCN3C(=O)c3cnccn3)c2C)c1. The first-order chi connectivity index (χ1) is 14.1. The van der Waals surface area contributed by atoms with Gasteiger partial charge in [0.1, 0.15) is 11.4 Å². The van der Waals surface area contributed by atoms with Crippen LogP contribution in [0.5, 0.6) is 5.75 Å². The van der Waals surface area contributed by atoms with E-state index < -0.39 is 0 Å². The van der Waals surface area contributed by atoms with Gasteiger partial charge in [-0.15, -0.1) is 0 Å². The normalized spacial score (nSPS) is 16.7. The van der Waals surface area contributed by atoms with Crippen LogP contribution in [0.1, 0.15) is 33.5 Å². The van der Waals surface area contributed by atoms with Crippen LogP contribution in [0.3, 0.4) is 0 Å². The van der Waals surface area contributed by atoms with Crippen molar-refractivity contribution in [2.45, 2.75) is 19.9 Å². The second-order valence-corrected chi connectivity index (χ2v) is 6.88. The number of aryl methyl sites for hydroxylation is 1. The predicted molar refractivity (Wildman–Crippen MR) is 106 cm³/mol. The lowest BCUT2D eigenvalue weighted by Gasteiger charge is -2.35. The van der Waals surface area contributed by atoms with Crippen molar-refractivity contribution in [2.24, 2.45) is 0 Å². The maximum absolute atomic E-state index is 13.1. The van der Waals surface area contributed by atoms with E-state index in [4.69, 9.17) is 14.6 Å². The van der Waals surface area contributed by atoms with Gasteiger partial charge in [0.2, 0.25) is 0 Å². The molecule has 0 aliphatic carbocycles. The zero-order valence-corrected chi connectivity index (χ0v) is 16.7. The fourth-order valence-electron chi connectivity index (χ4n) is 3.77. The molecule has 1 amide bonds. The minimum atomic E-state index is -0.238. The van der Waals surface area contributed by atoms with Crippen LogP contribution in [0.25, 0.3) is 5.69 Å². The summed E-state index contributed by atoms with van der Waals surface area (Å²) in [5.74, 6) is 0.608. The van der Waals surface area contributed by atoms with Gasteiger partial charge in [-0.25, -0.2) is 9.67 Å². The number of aromatic nitrogens is 4. The molecule has 0 bridgehead atoms. The smallest absolute Gasteiger partial charge is 0.274 e. The van der Waals surface area contributed by atoms with Crippen molar-refractivity contribution in [2.75, 3.05) is 26.9 Å². The summed E-state index contributed by atoms with van der Waals surface area (Å²) in [5.41, 5.74) is 4.04. The largest absolute Gasteiger partial charge is 0.497 e. The molecule has 150 valence electrons. The molecule has 8 nitrogen and oxygen atoms in total. The van der Waals surface area contributed by atoms with E-state index in [1.165, 1.54) is 12.4 Å². The minimum absolute atomic E-state index is 0.153. The van der Waals surface area contributed by atoms with Gasteiger partial charge >= 0.3 is 0 Å². The van der Waals surface area contributed by atoms with Crippen molar-refractivity contribution in [1.82, 2.24) is 24.6 Å². The number of carbonyl (C=O) groups excluding carboxylic acids is 1. The molecule has 3 aromatic rings. The van der Waals surface area contributed by atoms with Gasteiger partial charge in [0.25, 0.3) is 5.91 Å². The lowest BCUT2D eigenvalue weighted by molar-refractivity contribution is -0.00337. The van der Waals surface area contributed by atoms with Gasteiger partial charge in [-0.2, -0.15) is 5.10 Å². The van der Waals surface area contributed by atoms with E-state index in [1.807, 2.05) is 42.8 Å². The molecule has 1 aliphatic rings. The van der Waals surface area contributed by atoms with E-state index in [0.717, 1.165) is 28.4 Å². The Kier molecular flexibility index (Phi) is 5.26. The maximum Gasteiger partial charge on any atom is 0.274 e. The first kappa shape index (κ1) is 19.1. The van der Waals surface area contributed by atoms with Gasteiger partial charge in [-0.3, -0.25) is 9.78 Å². The fourth-order valence-corrected chi connectivity index (χ4v) is 3.77. The van der Waals surface area contributed by atoms with Crippen LogP contribution < -0.4 is 4.74 Å². The molecule has 4 rings (SSSR count). The molecule has 8 heteroatoms. The van der Waals surface area contributed by atoms with Crippen molar-refractivity contribution in [3.63, 3.8) is 0 Å². The van der Waals surface area contributed by atoms with Crippen LogP contribution in [0.4, 0.5) is 0 Å². The molecule has 1 atom stereocenters. The van der Waals surface area contributed by atoms with E-state index in [1.54, 1.807) is 18.2 Å². The van der Waals surface area contributed by atoms with Crippen LogP contribution in [0, 0.1) is 13.8 Å². The van der Waals surface area contributed by atoms with Crippen molar-refractivity contribution in [1.29, 1.82) is 0 Å². The molecule has 1 aromatic carbocycles. The van der Waals surface area contributed by atoms with E-state index in [9.17, 15) is 4.79 Å². The van der Waals surface area contributed by atoms with E-state index in [2.05, 4.69) is 9.97 Å². The molecule has 1 saturated heterocycles. The van der Waals surface area contributed by atoms with Gasteiger partial charge in [-0.1, -0.05) is 6.07 Å². The van der Waals surface area contributed by atoms with Gasteiger partial charge in [-0.05, 0) is 26.0 Å². The highest BCUT2D eigenvalue weighted by atomic mass is 16.5. The van der Waals surface area contributed by atoms with Crippen LogP contribution in [0.15, 0.2) is 42.9 Å². The highest BCUT2D eigenvalue weighted by Crippen LogP contribution is 2.32. The Morgan fingerprint density at radius 3 is 2.90 bits per heavy atom. The molecular formula is C21H23N5O3. The first-order valence-corrected chi connectivity index (χ1v) is 9.45. The number of methoxy groups -OCH3 is 1. The summed E-state index contributed by atoms with van der Waals surface area (Å²) < 4.78 is 12.9. The summed E-state index contributed by atoms with van der Waals surface area (Å²) in [6.45, 7) is 5.36. The number of amides is 1. The van der Waals surface area contributed by atoms with Gasteiger partial charge < -0.3 is 14.4 Å². The highest BCUT2D eigenvalue weighted by molar-refractivity contribution is 5.92. The number of carbonyl (C=O) groups is 1. The Hall–Kier alpha value is -3.26. The van der Waals surface area contributed by atoms with Crippen LogP contribution >= 0.6 is 0 Å². The summed E-state index contributed by atoms with van der Waals surface area (Å²) in [6.07, 6.45) is 4.58. The van der Waals surface area contributed by atoms with Gasteiger partial charge in [0.05, 0.1) is 43.9 Å². The average molecular weight is 393 g/mol. The molecule has 3 heterocycles. The third-order valence-corrected chi connectivity index (χ3v) is 5.15. The van der Waals surface area contributed by atoms with E-state index in [0.29, 0.717) is 25.5 Å².